The molecule has 0 saturated carbocycles. The molecule has 0 spiro atoms. The van der Waals surface area contributed by atoms with Crippen molar-refractivity contribution in [1.82, 2.24) is 15.5 Å². The number of amides is 1. The van der Waals surface area contributed by atoms with E-state index in [9.17, 15) is 9.90 Å². The predicted octanol–water partition coefficient (Wildman–Crippen LogP) is -0.372. The van der Waals surface area contributed by atoms with Gasteiger partial charge in [-0.2, -0.15) is 5.10 Å². The molecule has 19 heavy (non-hydrogen) atoms. The number of nitrogens with one attached hydrogen (secondary N) is 2. The molecule has 0 radical (unpaired) electrons. The number of hydrogen-bond acceptors (Lipinski definition) is 5. The second-order valence-corrected chi connectivity index (χ2v) is 5.13. The van der Waals surface area contributed by atoms with Crippen LogP contribution in [0.1, 0.15) is 16.2 Å². The Morgan fingerprint density at radius 2 is 2.21 bits per heavy atom. The molecule has 0 aliphatic carbocycles. The molecule has 4 atom stereocenters. The number of fused-ring (bicyclic) bond motifs is 1. The van der Waals surface area contributed by atoms with Gasteiger partial charge in [-0.1, -0.05) is 11.6 Å². The molecular formula is C11H14ClN3O4. The number of aromatic nitrogens is 2. The zero-order valence-corrected chi connectivity index (χ0v) is 11.0. The van der Waals surface area contributed by atoms with Gasteiger partial charge in [0.2, 0.25) is 0 Å². The number of aliphatic hydroxyl groups is 1. The summed E-state index contributed by atoms with van der Waals surface area (Å²) >= 11 is 5.97. The maximum Gasteiger partial charge on any atom is 0.273 e. The number of nitrogens with zero attached hydrogens (tertiary/aromatic N) is 1. The SMILES string of the molecule is Cc1[nH]nc(C(=O)N[C@H]2CO[C@H]3[C@@H]2OC[C@H]3O)c1Cl. The standard InChI is InChI=1S/C11H14ClN3O4/c1-4-7(12)8(15-14-4)11(17)13-5-2-18-10-6(16)3-19-9(5)10/h5-6,9-10,16H,2-3H2,1H3,(H,13,17)(H,14,15)/t5-,6+,9+,10+/m0/s1. The molecule has 0 unspecified atom stereocenters. The van der Waals surface area contributed by atoms with Crippen LogP contribution >= 0.6 is 11.6 Å². The van der Waals surface area contributed by atoms with Gasteiger partial charge < -0.3 is 19.9 Å². The molecule has 1 amide bonds. The Morgan fingerprint density at radius 1 is 1.47 bits per heavy atom. The van der Waals surface area contributed by atoms with Crippen LogP contribution in [0.2, 0.25) is 5.02 Å². The molecular weight excluding hydrogens is 274 g/mol. The fraction of sp³-hybridized carbons (Fsp3) is 0.636. The minimum Gasteiger partial charge on any atom is -0.388 e. The van der Waals surface area contributed by atoms with E-state index in [2.05, 4.69) is 15.5 Å². The lowest BCUT2D eigenvalue weighted by molar-refractivity contribution is 0.0178. The van der Waals surface area contributed by atoms with E-state index in [1.54, 1.807) is 6.92 Å². The second kappa shape index (κ2) is 4.75. The van der Waals surface area contributed by atoms with Gasteiger partial charge in [-0.25, -0.2) is 0 Å². The van der Waals surface area contributed by atoms with Crippen LogP contribution in [-0.4, -0.2) is 58.8 Å². The Bertz CT molecular complexity index is 506. The van der Waals surface area contributed by atoms with E-state index >= 15 is 0 Å². The van der Waals surface area contributed by atoms with Crippen LogP contribution in [0.5, 0.6) is 0 Å². The molecule has 2 aliphatic rings. The number of halogens is 1. The van der Waals surface area contributed by atoms with E-state index in [1.807, 2.05) is 0 Å². The lowest BCUT2D eigenvalue weighted by Crippen LogP contribution is -2.44. The van der Waals surface area contributed by atoms with Crippen LogP contribution < -0.4 is 5.32 Å². The maximum absolute atomic E-state index is 12.1. The summed E-state index contributed by atoms with van der Waals surface area (Å²) in [6, 6.07) is -0.303. The molecule has 3 rings (SSSR count). The number of carbonyl (C=O) groups excluding carboxylic acids is 1. The molecule has 1 aromatic heterocycles. The summed E-state index contributed by atoms with van der Waals surface area (Å²) in [5.41, 5.74) is 0.793. The second-order valence-electron chi connectivity index (χ2n) is 4.75. The van der Waals surface area contributed by atoms with Gasteiger partial charge in [0.05, 0.1) is 30.0 Å². The molecule has 2 saturated heterocycles. The average molecular weight is 288 g/mol. The smallest absolute Gasteiger partial charge is 0.273 e. The first-order valence-corrected chi connectivity index (χ1v) is 6.38. The van der Waals surface area contributed by atoms with E-state index in [1.165, 1.54) is 0 Å². The van der Waals surface area contributed by atoms with Gasteiger partial charge in [0.25, 0.3) is 5.91 Å². The van der Waals surface area contributed by atoms with E-state index < -0.39 is 6.10 Å². The fourth-order valence-corrected chi connectivity index (χ4v) is 2.58. The highest BCUT2D eigenvalue weighted by Crippen LogP contribution is 2.27. The first-order chi connectivity index (χ1) is 9.08. The van der Waals surface area contributed by atoms with Crippen LogP contribution in [0, 0.1) is 6.92 Å². The molecule has 0 aromatic carbocycles. The summed E-state index contributed by atoms with van der Waals surface area (Å²) in [7, 11) is 0. The van der Waals surface area contributed by atoms with E-state index in [0.29, 0.717) is 17.3 Å². The van der Waals surface area contributed by atoms with Crippen molar-refractivity contribution in [2.75, 3.05) is 13.2 Å². The average Bonchev–Trinajstić information content (AvgIpc) is 3.02. The first kappa shape index (κ1) is 12.9. The summed E-state index contributed by atoms with van der Waals surface area (Å²) in [6.45, 7) is 2.26. The van der Waals surface area contributed by atoms with Gasteiger partial charge in [-0.3, -0.25) is 9.89 Å². The number of hydrogen-bond donors (Lipinski definition) is 3. The number of aryl methyl sites for hydroxylation is 1. The van der Waals surface area contributed by atoms with Gasteiger partial charge in [0.15, 0.2) is 5.69 Å². The van der Waals surface area contributed by atoms with Crippen molar-refractivity contribution in [2.24, 2.45) is 0 Å². The fourth-order valence-electron chi connectivity index (χ4n) is 2.41. The summed E-state index contributed by atoms with van der Waals surface area (Å²) in [5.74, 6) is -0.381. The van der Waals surface area contributed by atoms with Crippen LogP contribution in [0.25, 0.3) is 0 Å². The van der Waals surface area contributed by atoms with Crippen molar-refractivity contribution in [3.63, 3.8) is 0 Å². The minimum absolute atomic E-state index is 0.154. The summed E-state index contributed by atoms with van der Waals surface area (Å²) in [5, 5.41) is 19.2. The van der Waals surface area contributed by atoms with Gasteiger partial charge in [-0.05, 0) is 6.92 Å². The van der Waals surface area contributed by atoms with Crippen LogP contribution in [-0.2, 0) is 9.47 Å². The molecule has 3 N–H and O–H groups in total. The number of aromatic amines is 1. The number of ether oxygens (including phenoxy) is 2. The molecule has 2 aliphatic heterocycles. The number of carbonyl (C=O) groups is 1. The summed E-state index contributed by atoms with van der Waals surface area (Å²) < 4.78 is 10.8. The summed E-state index contributed by atoms with van der Waals surface area (Å²) in [6.07, 6.45) is -1.33. The predicted molar refractivity (Wildman–Crippen MR) is 65.1 cm³/mol. The van der Waals surface area contributed by atoms with Crippen LogP contribution in [0.4, 0.5) is 0 Å². The molecule has 7 nitrogen and oxygen atoms in total. The molecule has 1 aromatic rings. The molecule has 2 fully saturated rings. The van der Waals surface area contributed by atoms with Crippen molar-refractivity contribution in [1.29, 1.82) is 0 Å². The zero-order chi connectivity index (χ0) is 13.6. The highest BCUT2D eigenvalue weighted by atomic mass is 35.5. The Morgan fingerprint density at radius 3 is 2.89 bits per heavy atom. The normalized spacial score (nSPS) is 33.4. The van der Waals surface area contributed by atoms with Crippen molar-refractivity contribution in [3.8, 4) is 0 Å². The van der Waals surface area contributed by atoms with Gasteiger partial charge in [0, 0.05) is 0 Å². The van der Waals surface area contributed by atoms with Crippen molar-refractivity contribution < 1.29 is 19.4 Å². The van der Waals surface area contributed by atoms with E-state index in [0.717, 1.165) is 0 Å². The number of aliphatic hydroxyl groups excluding tert-OH is 1. The van der Waals surface area contributed by atoms with Crippen LogP contribution in [0.15, 0.2) is 0 Å². The minimum atomic E-state index is -0.636. The largest absolute Gasteiger partial charge is 0.388 e. The third kappa shape index (κ3) is 2.12. The highest BCUT2D eigenvalue weighted by Gasteiger charge is 2.47. The maximum atomic E-state index is 12.1. The number of H-pyrrole nitrogens is 1. The van der Waals surface area contributed by atoms with Crippen LogP contribution in [0.3, 0.4) is 0 Å². The van der Waals surface area contributed by atoms with Gasteiger partial charge in [0.1, 0.15) is 18.3 Å². The van der Waals surface area contributed by atoms with Crippen molar-refractivity contribution in [2.45, 2.75) is 31.3 Å². The Balaban J connectivity index is 1.69. The van der Waals surface area contributed by atoms with E-state index in [4.69, 9.17) is 21.1 Å². The Labute approximate surface area is 114 Å². The lowest BCUT2D eigenvalue weighted by Gasteiger charge is -2.16. The quantitative estimate of drug-likeness (QED) is 0.689. The molecule has 3 heterocycles. The third-order valence-electron chi connectivity index (χ3n) is 3.43. The van der Waals surface area contributed by atoms with Crippen molar-refractivity contribution in [3.05, 3.63) is 16.4 Å². The molecule has 8 heteroatoms. The lowest BCUT2D eigenvalue weighted by atomic mass is 10.1. The first-order valence-electron chi connectivity index (χ1n) is 6.00. The highest BCUT2D eigenvalue weighted by molar-refractivity contribution is 6.34. The topological polar surface area (TPSA) is 96.5 Å². The third-order valence-corrected chi connectivity index (χ3v) is 3.89. The van der Waals surface area contributed by atoms with E-state index in [-0.39, 0.29) is 36.5 Å². The molecule has 104 valence electrons. The van der Waals surface area contributed by atoms with Gasteiger partial charge >= 0.3 is 0 Å². The molecule has 0 bridgehead atoms. The Hall–Kier alpha value is -1.15. The number of rotatable bonds is 2. The monoisotopic (exact) mass is 287 g/mol. The van der Waals surface area contributed by atoms with Gasteiger partial charge in [-0.15, -0.1) is 0 Å². The van der Waals surface area contributed by atoms with Crippen molar-refractivity contribution >= 4 is 17.5 Å². The summed E-state index contributed by atoms with van der Waals surface area (Å²) in [4.78, 5) is 12.1. The Kier molecular flexibility index (Phi) is 3.22. The zero-order valence-electron chi connectivity index (χ0n) is 10.2.